The average Bonchev–Trinajstić information content (AvgIpc) is 3.02. The van der Waals surface area contributed by atoms with Crippen LogP contribution in [0.4, 0.5) is 9.18 Å². The number of aromatic nitrogens is 2. The van der Waals surface area contributed by atoms with Gasteiger partial charge in [0.05, 0.1) is 24.0 Å². The molecule has 23 heavy (non-hydrogen) atoms. The number of halogens is 1. The summed E-state index contributed by atoms with van der Waals surface area (Å²) in [5.41, 5.74) is 1.46. The lowest BCUT2D eigenvalue weighted by molar-refractivity contribution is 0.0841. The Morgan fingerprint density at radius 2 is 2.13 bits per heavy atom. The molecule has 0 spiro atoms. The highest BCUT2D eigenvalue weighted by atomic mass is 19.1. The molecule has 1 atom stereocenters. The first-order chi connectivity index (χ1) is 11.1. The third kappa shape index (κ3) is 3.87. The molecule has 2 N–H and O–H groups in total. The van der Waals surface area contributed by atoms with Crippen molar-refractivity contribution >= 4 is 6.03 Å². The van der Waals surface area contributed by atoms with Gasteiger partial charge in [0, 0.05) is 19.3 Å². The van der Waals surface area contributed by atoms with Gasteiger partial charge >= 0.3 is 6.03 Å². The van der Waals surface area contributed by atoms with Crippen LogP contribution < -0.4 is 5.32 Å². The van der Waals surface area contributed by atoms with E-state index in [4.69, 9.17) is 0 Å². The summed E-state index contributed by atoms with van der Waals surface area (Å²) in [6.07, 6.45) is 2.88. The van der Waals surface area contributed by atoms with E-state index >= 15 is 0 Å². The van der Waals surface area contributed by atoms with Gasteiger partial charge in [-0.3, -0.25) is 0 Å². The smallest absolute Gasteiger partial charge is 0.317 e. The number of rotatable bonds is 3. The molecule has 1 fully saturated rings. The lowest BCUT2D eigenvalue weighted by Gasteiger charge is -2.30. The van der Waals surface area contributed by atoms with Crippen molar-refractivity contribution in [2.75, 3.05) is 13.1 Å². The molecule has 2 amide bonds. The van der Waals surface area contributed by atoms with E-state index in [1.807, 2.05) is 0 Å². The molecular weight excluding hydrogens is 299 g/mol. The van der Waals surface area contributed by atoms with Crippen molar-refractivity contribution < 1.29 is 14.3 Å². The van der Waals surface area contributed by atoms with E-state index in [0.717, 1.165) is 18.5 Å². The van der Waals surface area contributed by atoms with Crippen LogP contribution in [-0.2, 0) is 6.54 Å². The second-order valence-electron chi connectivity index (χ2n) is 5.63. The molecule has 3 rings (SSSR count). The van der Waals surface area contributed by atoms with Gasteiger partial charge in [-0.2, -0.15) is 5.10 Å². The fourth-order valence-corrected chi connectivity index (χ4v) is 2.61. The number of aliphatic hydroxyl groups excluding tert-OH is 1. The lowest BCUT2D eigenvalue weighted by Crippen LogP contribution is -2.46. The first kappa shape index (κ1) is 15.5. The predicted molar refractivity (Wildman–Crippen MR) is 82.6 cm³/mol. The molecule has 0 radical (unpaired) electrons. The van der Waals surface area contributed by atoms with Gasteiger partial charge in [-0.15, -0.1) is 0 Å². The van der Waals surface area contributed by atoms with Gasteiger partial charge in [0.25, 0.3) is 0 Å². The Bertz CT molecular complexity index is 671. The van der Waals surface area contributed by atoms with E-state index in [2.05, 4.69) is 10.4 Å². The van der Waals surface area contributed by atoms with E-state index in [-0.39, 0.29) is 11.8 Å². The summed E-state index contributed by atoms with van der Waals surface area (Å²) in [6.45, 7) is 1.34. The predicted octanol–water partition coefficient (Wildman–Crippen LogP) is 1.68. The van der Waals surface area contributed by atoms with Crippen molar-refractivity contribution in [1.82, 2.24) is 20.0 Å². The van der Waals surface area contributed by atoms with Gasteiger partial charge in [0.15, 0.2) is 0 Å². The van der Waals surface area contributed by atoms with Crippen molar-refractivity contribution in [1.29, 1.82) is 0 Å². The quantitative estimate of drug-likeness (QED) is 0.904. The molecule has 2 heterocycles. The number of likely N-dealkylation sites (tertiary alicyclic amines) is 1. The van der Waals surface area contributed by atoms with Crippen molar-refractivity contribution in [3.63, 3.8) is 0 Å². The molecule has 6 nitrogen and oxygen atoms in total. The zero-order valence-corrected chi connectivity index (χ0v) is 12.7. The van der Waals surface area contributed by atoms with E-state index in [1.165, 1.54) is 12.1 Å². The van der Waals surface area contributed by atoms with Crippen molar-refractivity contribution in [3.05, 3.63) is 48.0 Å². The molecule has 7 heteroatoms. The summed E-state index contributed by atoms with van der Waals surface area (Å²) >= 11 is 0. The van der Waals surface area contributed by atoms with Crippen LogP contribution in [-0.4, -0.2) is 45.0 Å². The number of nitrogens with zero attached hydrogens (tertiary/aromatic N) is 3. The molecule has 1 unspecified atom stereocenters. The zero-order valence-electron chi connectivity index (χ0n) is 12.7. The van der Waals surface area contributed by atoms with Crippen LogP contribution in [0.5, 0.6) is 0 Å². The fourth-order valence-electron chi connectivity index (χ4n) is 2.61. The highest BCUT2D eigenvalue weighted by molar-refractivity contribution is 5.74. The molecular formula is C16H19FN4O2. The molecule has 0 aliphatic carbocycles. The fraction of sp³-hybridized carbons (Fsp3) is 0.375. The Kier molecular flexibility index (Phi) is 4.57. The maximum Gasteiger partial charge on any atom is 0.317 e. The maximum atomic E-state index is 12.9. The summed E-state index contributed by atoms with van der Waals surface area (Å²) in [4.78, 5) is 13.7. The van der Waals surface area contributed by atoms with Crippen LogP contribution >= 0.6 is 0 Å². The van der Waals surface area contributed by atoms with E-state index < -0.39 is 6.10 Å². The van der Waals surface area contributed by atoms with Crippen LogP contribution in [0.1, 0.15) is 18.5 Å². The first-order valence-electron chi connectivity index (χ1n) is 7.63. The van der Waals surface area contributed by atoms with Gasteiger partial charge < -0.3 is 15.3 Å². The number of β-amino-alcohol motifs (C(OH)–C–C–N with tert-alkyl or cyclic N) is 1. The van der Waals surface area contributed by atoms with Crippen molar-refractivity contribution in [3.8, 4) is 5.69 Å². The molecule has 0 saturated carbocycles. The van der Waals surface area contributed by atoms with Gasteiger partial charge in [0.2, 0.25) is 0 Å². The van der Waals surface area contributed by atoms with Crippen LogP contribution in [0.15, 0.2) is 36.5 Å². The van der Waals surface area contributed by atoms with Crippen LogP contribution in [0.2, 0.25) is 0 Å². The SMILES string of the molecule is O=C(NCc1ccn(-c2ccc(F)cc2)n1)N1CCCC(O)C1. The number of carbonyl (C=O) groups is 1. The minimum Gasteiger partial charge on any atom is -0.391 e. The number of aliphatic hydroxyl groups is 1. The van der Waals surface area contributed by atoms with Crippen LogP contribution in [0.25, 0.3) is 5.69 Å². The number of amides is 2. The minimum absolute atomic E-state index is 0.194. The largest absolute Gasteiger partial charge is 0.391 e. The van der Waals surface area contributed by atoms with Crippen LogP contribution in [0, 0.1) is 5.82 Å². The Morgan fingerprint density at radius 3 is 2.87 bits per heavy atom. The topological polar surface area (TPSA) is 70.4 Å². The number of hydrogen-bond donors (Lipinski definition) is 2. The molecule has 0 bridgehead atoms. The average molecular weight is 318 g/mol. The summed E-state index contributed by atoms with van der Waals surface area (Å²) in [5.74, 6) is -0.294. The summed E-state index contributed by atoms with van der Waals surface area (Å²) in [7, 11) is 0. The monoisotopic (exact) mass is 318 g/mol. The summed E-state index contributed by atoms with van der Waals surface area (Å²) in [6, 6.07) is 7.63. The van der Waals surface area contributed by atoms with E-state index in [9.17, 15) is 14.3 Å². The van der Waals surface area contributed by atoms with E-state index in [0.29, 0.717) is 25.3 Å². The zero-order chi connectivity index (χ0) is 16.2. The number of benzene rings is 1. The third-order valence-corrected chi connectivity index (χ3v) is 3.84. The number of urea groups is 1. The Balaban J connectivity index is 1.56. The van der Waals surface area contributed by atoms with Gasteiger partial charge in [-0.25, -0.2) is 13.9 Å². The second-order valence-corrected chi connectivity index (χ2v) is 5.63. The Hall–Kier alpha value is -2.41. The summed E-state index contributed by atoms with van der Waals surface area (Å²) < 4.78 is 14.6. The van der Waals surface area contributed by atoms with Gasteiger partial charge in [-0.05, 0) is 43.2 Å². The van der Waals surface area contributed by atoms with Crippen LogP contribution in [0.3, 0.4) is 0 Å². The first-order valence-corrected chi connectivity index (χ1v) is 7.63. The highest BCUT2D eigenvalue weighted by Crippen LogP contribution is 2.11. The maximum absolute atomic E-state index is 12.9. The standard InChI is InChI=1S/C16H19FN4O2/c17-12-3-5-14(6-4-12)21-9-7-13(19-21)10-18-16(23)20-8-1-2-15(22)11-20/h3-7,9,15,22H,1-2,8,10-11H2,(H,18,23). The van der Waals surface area contributed by atoms with Gasteiger partial charge in [0.1, 0.15) is 5.82 Å². The van der Waals surface area contributed by atoms with Gasteiger partial charge in [-0.1, -0.05) is 0 Å². The van der Waals surface area contributed by atoms with Crippen molar-refractivity contribution in [2.24, 2.45) is 0 Å². The molecule has 2 aromatic rings. The lowest BCUT2D eigenvalue weighted by atomic mass is 10.1. The molecule has 1 saturated heterocycles. The molecule has 1 aromatic carbocycles. The van der Waals surface area contributed by atoms with E-state index in [1.54, 1.807) is 34.0 Å². The van der Waals surface area contributed by atoms with Crippen molar-refractivity contribution in [2.45, 2.75) is 25.5 Å². The minimum atomic E-state index is -0.438. The molecule has 1 aliphatic rings. The highest BCUT2D eigenvalue weighted by Gasteiger charge is 2.21. The molecule has 122 valence electrons. The Labute approximate surface area is 133 Å². The number of carbonyl (C=O) groups excluding carboxylic acids is 1. The number of nitrogens with one attached hydrogen (secondary N) is 1. The normalized spacial score (nSPS) is 18.0. The number of hydrogen-bond acceptors (Lipinski definition) is 3. The second kappa shape index (κ2) is 6.78. The molecule has 1 aliphatic heterocycles. The number of piperidine rings is 1. The Morgan fingerprint density at radius 1 is 1.35 bits per heavy atom. The third-order valence-electron chi connectivity index (χ3n) is 3.84. The summed E-state index contributed by atoms with van der Waals surface area (Å²) in [5, 5.41) is 16.8. The molecule has 1 aromatic heterocycles.